The van der Waals surface area contributed by atoms with Crippen molar-refractivity contribution in [1.82, 2.24) is 4.57 Å². The minimum atomic E-state index is -4.12. The fourth-order valence-corrected chi connectivity index (χ4v) is 3.66. The molecule has 2 aromatic carbocycles. The van der Waals surface area contributed by atoms with Crippen LogP contribution in [-0.2, 0) is 17.1 Å². The standard InChI is InChI=1S/C15H12F2N2O4S/c1-8-3-13-12(19(2)15(20)23-13)7-14(8)24(21,22)18-11-5-9(16)4-10(17)6-11/h3-7,18H,1-2H3. The molecule has 0 saturated heterocycles. The van der Waals surface area contributed by atoms with Gasteiger partial charge in [-0.2, -0.15) is 0 Å². The molecule has 0 aliphatic heterocycles. The largest absolute Gasteiger partial charge is 0.419 e. The van der Waals surface area contributed by atoms with E-state index in [4.69, 9.17) is 4.42 Å². The molecule has 0 fully saturated rings. The lowest BCUT2D eigenvalue weighted by Crippen LogP contribution is -2.15. The first-order valence-corrected chi connectivity index (χ1v) is 8.25. The number of nitrogens with one attached hydrogen (secondary N) is 1. The van der Waals surface area contributed by atoms with Crippen LogP contribution in [0.2, 0.25) is 0 Å². The second-order valence-corrected chi connectivity index (χ2v) is 6.93. The normalized spacial score (nSPS) is 11.8. The zero-order chi connectivity index (χ0) is 17.6. The van der Waals surface area contributed by atoms with Crippen LogP contribution in [0, 0.1) is 18.6 Å². The highest BCUT2D eigenvalue weighted by Crippen LogP contribution is 2.25. The number of benzene rings is 2. The molecule has 1 heterocycles. The highest BCUT2D eigenvalue weighted by Gasteiger charge is 2.20. The van der Waals surface area contributed by atoms with Gasteiger partial charge in [-0.05, 0) is 36.8 Å². The van der Waals surface area contributed by atoms with Crippen molar-refractivity contribution in [2.75, 3.05) is 4.72 Å². The Labute approximate surface area is 135 Å². The van der Waals surface area contributed by atoms with E-state index in [9.17, 15) is 22.0 Å². The topological polar surface area (TPSA) is 81.3 Å². The lowest BCUT2D eigenvalue weighted by Gasteiger charge is -2.11. The smallest absolute Gasteiger partial charge is 0.408 e. The molecule has 1 aromatic heterocycles. The monoisotopic (exact) mass is 354 g/mol. The van der Waals surface area contributed by atoms with E-state index in [2.05, 4.69) is 4.72 Å². The SMILES string of the molecule is Cc1cc2oc(=O)n(C)c2cc1S(=O)(=O)Nc1cc(F)cc(F)c1. The summed E-state index contributed by atoms with van der Waals surface area (Å²) < 4.78 is 59.8. The van der Waals surface area contributed by atoms with Gasteiger partial charge in [-0.15, -0.1) is 0 Å². The van der Waals surface area contributed by atoms with Gasteiger partial charge in [0.15, 0.2) is 5.58 Å². The first-order chi connectivity index (χ1) is 11.2. The summed E-state index contributed by atoms with van der Waals surface area (Å²) in [6.45, 7) is 1.52. The number of rotatable bonds is 3. The van der Waals surface area contributed by atoms with Gasteiger partial charge >= 0.3 is 5.76 Å². The molecule has 3 rings (SSSR count). The maximum atomic E-state index is 13.2. The summed E-state index contributed by atoms with van der Waals surface area (Å²) in [4.78, 5) is 11.4. The third kappa shape index (κ3) is 2.78. The third-order valence-corrected chi connectivity index (χ3v) is 5.02. The zero-order valence-corrected chi connectivity index (χ0v) is 13.4. The number of aromatic nitrogens is 1. The van der Waals surface area contributed by atoms with Crippen LogP contribution in [0.5, 0.6) is 0 Å². The van der Waals surface area contributed by atoms with Gasteiger partial charge in [0, 0.05) is 13.1 Å². The van der Waals surface area contributed by atoms with Gasteiger partial charge in [-0.3, -0.25) is 9.29 Å². The fraction of sp³-hybridized carbons (Fsp3) is 0.133. The number of fused-ring (bicyclic) bond motifs is 1. The summed E-state index contributed by atoms with van der Waals surface area (Å²) in [6, 6.07) is 5.05. The van der Waals surface area contributed by atoms with E-state index in [1.165, 1.54) is 26.1 Å². The fourth-order valence-electron chi connectivity index (χ4n) is 2.37. The zero-order valence-electron chi connectivity index (χ0n) is 12.6. The van der Waals surface area contributed by atoms with Gasteiger partial charge < -0.3 is 4.42 Å². The number of aryl methyl sites for hydroxylation is 2. The molecule has 0 aliphatic rings. The van der Waals surface area contributed by atoms with Crippen molar-refractivity contribution in [2.24, 2.45) is 7.05 Å². The van der Waals surface area contributed by atoms with Crippen LogP contribution >= 0.6 is 0 Å². The van der Waals surface area contributed by atoms with E-state index in [0.29, 0.717) is 11.6 Å². The van der Waals surface area contributed by atoms with Crippen molar-refractivity contribution in [2.45, 2.75) is 11.8 Å². The van der Waals surface area contributed by atoms with E-state index in [1.54, 1.807) is 0 Å². The molecule has 24 heavy (non-hydrogen) atoms. The number of oxazole rings is 1. The second kappa shape index (κ2) is 5.45. The highest BCUT2D eigenvalue weighted by atomic mass is 32.2. The Kier molecular flexibility index (Phi) is 3.67. The van der Waals surface area contributed by atoms with Gasteiger partial charge in [-0.25, -0.2) is 22.0 Å². The minimum absolute atomic E-state index is 0.129. The van der Waals surface area contributed by atoms with Crippen molar-refractivity contribution in [3.05, 3.63) is 58.1 Å². The number of sulfonamides is 1. The summed E-state index contributed by atoms with van der Waals surface area (Å²) in [6.07, 6.45) is 0. The quantitative estimate of drug-likeness (QED) is 0.784. The van der Waals surface area contributed by atoms with Crippen LogP contribution in [-0.4, -0.2) is 13.0 Å². The predicted octanol–water partition coefficient (Wildman–Crippen LogP) is 2.52. The lowest BCUT2D eigenvalue weighted by molar-refractivity contribution is 0.528. The summed E-state index contributed by atoms with van der Waals surface area (Å²) in [5, 5.41) is 0. The number of nitrogens with zero attached hydrogens (tertiary/aromatic N) is 1. The molecule has 0 spiro atoms. The molecule has 9 heteroatoms. The first-order valence-electron chi connectivity index (χ1n) is 6.76. The Balaban J connectivity index is 2.12. The predicted molar refractivity (Wildman–Crippen MR) is 83.4 cm³/mol. The van der Waals surface area contributed by atoms with Crippen LogP contribution < -0.4 is 10.5 Å². The van der Waals surface area contributed by atoms with Crippen LogP contribution in [0.3, 0.4) is 0 Å². The van der Waals surface area contributed by atoms with E-state index >= 15 is 0 Å². The minimum Gasteiger partial charge on any atom is -0.408 e. The van der Waals surface area contributed by atoms with Gasteiger partial charge in [0.25, 0.3) is 10.0 Å². The maximum absolute atomic E-state index is 13.2. The summed E-state index contributed by atoms with van der Waals surface area (Å²) in [5.74, 6) is -2.44. The van der Waals surface area contributed by atoms with Gasteiger partial charge in [0.1, 0.15) is 11.6 Å². The number of hydrogen-bond donors (Lipinski definition) is 1. The average molecular weight is 354 g/mol. The van der Waals surface area contributed by atoms with Crippen molar-refractivity contribution >= 4 is 26.8 Å². The molecule has 0 radical (unpaired) electrons. The van der Waals surface area contributed by atoms with E-state index in [-0.39, 0.29) is 21.7 Å². The van der Waals surface area contributed by atoms with E-state index in [1.807, 2.05) is 0 Å². The van der Waals surface area contributed by atoms with Crippen molar-refractivity contribution in [1.29, 1.82) is 0 Å². The third-order valence-electron chi connectivity index (χ3n) is 3.49. The van der Waals surface area contributed by atoms with Gasteiger partial charge in [0.05, 0.1) is 16.1 Å². The molecular weight excluding hydrogens is 342 g/mol. The molecule has 3 aromatic rings. The molecule has 0 amide bonds. The highest BCUT2D eigenvalue weighted by molar-refractivity contribution is 7.92. The van der Waals surface area contributed by atoms with Crippen LogP contribution in [0.15, 0.2) is 44.4 Å². The summed E-state index contributed by atoms with van der Waals surface area (Å²) in [7, 11) is -2.68. The van der Waals surface area contributed by atoms with Crippen LogP contribution in [0.4, 0.5) is 14.5 Å². The molecule has 1 N–H and O–H groups in total. The first kappa shape index (κ1) is 16.2. The molecule has 0 aliphatic carbocycles. The van der Waals surface area contributed by atoms with Crippen LogP contribution in [0.1, 0.15) is 5.56 Å². The molecule has 0 saturated carbocycles. The Hall–Kier alpha value is -2.68. The van der Waals surface area contributed by atoms with Crippen molar-refractivity contribution < 1.29 is 21.6 Å². The number of hydrogen-bond acceptors (Lipinski definition) is 4. The van der Waals surface area contributed by atoms with Crippen LogP contribution in [0.25, 0.3) is 11.1 Å². The van der Waals surface area contributed by atoms with Crippen molar-refractivity contribution in [3.63, 3.8) is 0 Å². The van der Waals surface area contributed by atoms with Gasteiger partial charge in [-0.1, -0.05) is 0 Å². The van der Waals surface area contributed by atoms with Gasteiger partial charge in [0.2, 0.25) is 0 Å². The molecule has 126 valence electrons. The molecule has 0 unspecified atom stereocenters. The Morgan fingerprint density at radius 1 is 1.08 bits per heavy atom. The molecule has 0 bridgehead atoms. The molecule has 6 nitrogen and oxygen atoms in total. The summed E-state index contributed by atoms with van der Waals surface area (Å²) >= 11 is 0. The molecular formula is C15H12F2N2O4S. The summed E-state index contributed by atoms with van der Waals surface area (Å²) in [5.41, 5.74) is 0.612. The maximum Gasteiger partial charge on any atom is 0.419 e. The second-order valence-electron chi connectivity index (χ2n) is 5.28. The van der Waals surface area contributed by atoms with E-state index in [0.717, 1.165) is 16.7 Å². The average Bonchev–Trinajstić information content (AvgIpc) is 2.70. The lowest BCUT2D eigenvalue weighted by atomic mass is 10.2. The van der Waals surface area contributed by atoms with Crippen molar-refractivity contribution in [3.8, 4) is 0 Å². The molecule has 0 atom stereocenters. The Morgan fingerprint density at radius 2 is 1.71 bits per heavy atom. The number of anilines is 1. The Bertz CT molecular complexity index is 1100. The van der Waals surface area contributed by atoms with E-state index < -0.39 is 27.4 Å². The number of halogens is 2. The Morgan fingerprint density at radius 3 is 2.33 bits per heavy atom.